The van der Waals surface area contributed by atoms with Crippen molar-refractivity contribution in [3.8, 4) is 11.5 Å². The first kappa shape index (κ1) is 15.2. The molecule has 2 unspecified atom stereocenters. The van der Waals surface area contributed by atoms with Gasteiger partial charge in [-0.1, -0.05) is 19.4 Å². The van der Waals surface area contributed by atoms with E-state index < -0.39 is 0 Å². The predicted octanol–water partition coefficient (Wildman–Crippen LogP) is 3.62. The number of nitrogens with one attached hydrogen (secondary N) is 1. The Balaban J connectivity index is 1.83. The summed E-state index contributed by atoms with van der Waals surface area (Å²) < 4.78 is 10.9. The molecule has 0 spiro atoms. The highest BCUT2D eigenvalue weighted by Crippen LogP contribution is 2.30. The van der Waals surface area contributed by atoms with Crippen LogP contribution in [0.3, 0.4) is 0 Å². The van der Waals surface area contributed by atoms with Crippen LogP contribution in [0.15, 0.2) is 18.2 Å². The maximum atomic E-state index is 5.54. The quantitative estimate of drug-likeness (QED) is 0.825. The molecule has 0 amide bonds. The Morgan fingerprint density at radius 1 is 1.25 bits per heavy atom. The molecule has 1 fully saturated rings. The van der Waals surface area contributed by atoms with Gasteiger partial charge in [0.05, 0.1) is 13.7 Å². The lowest BCUT2D eigenvalue weighted by Gasteiger charge is -2.13. The van der Waals surface area contributed by atoms with Gasteiger partial charge < -0.3 is 14.8 Å². The van der Waals surface area contributed by atoms with Crippen LogP contribution in [0.2, 0.25) is 0 Å². The maximum absolute atomic E-state index is 5.54. The minimum Gasteiger partial charge on any atom is -0.493 e. The van der Waals surface area contributed by atoms with Crippen LogP contribution in [0.4, 0.5) is 0 Å². The summed E-state index contributed by atoms with van der Waals surface area (Å²) >= 11 is 0. The van der Waals surface area contributed by atoms with E-state index in [9.17, 15) is 0 Å². The summed E-state index contributed by atoms with van der Waals surface area (Å²) in [5, 5.41) is 3.57. The lowest BCUT2D eigenvalue weighted by molar-refractivity contribution is 0.310. The number of benzene rings is 1. The van der Waals surface area contributed by atoms with E-state index in [1.165, 1.54) is 24.8 Å². The van der Waals surface area contributed by atoms with Gasteiger partial charge in [-0.3, -0.25) is 0 Å². The Labute approximate surface area is 122 Å². The van der Waals surface area contributed by atoms with Crippen LogP contribution in [-0.2, 0) is 6.54 Å². The van der Waals surface area contributed by atoms with Gasteiger partial charge in [0, 0.05) is 6.54 Å². The molecule has 1 aromatic rings. The second-order valence-corrected chi connectivity index (χ2v) is 5.83. The molecule has 0 radical (unpaired) electrons. The highest BCUT2D eigenvalue weighted by Gasteiger charge is 2.20. The number of ether oxygens (including phenoxy) is 2. The van der Waals surface area contributed by atoms with E-state index in [0.717, 1.165) is 36.4 Å². The smallest absolute Gasteiger partial charge is 0.161 e. The number of hydrogen-bond donors (Lipinski definition) is 1. The van der Waals surface area contributed by atoms with Crippen LogP contribution >= 0.6 is 0 Å². The Morgan fingerprint density at radius 3 is 2.75 bits per heavy atom. The molecular weight excluding hydrogens is 250 g/mol. The van der Waals surface area contributed by atoms with Crippen LogP contribution in [0.25, 0.3) is 0 Å². The average molecular weight is 277 g/mol. The lowest BCUT2D eigenvalue weighted by Crippen LogP contribution is -2.21. The highest BCUT2D eigenvalue weighted by molar-refractivity contribution is 5.42. The zero-order valence-electron chi connectivity index (χ0n) is 12.9. The SMILES string of the molecule is CCOc1ccc(CNCC2CCC(C)C2)cc1OC. The first-order chi connectivity index (χ1) is 9.72. The summed E-state index contributed by atoms with van der Waals surface area (Å²) in [6.07, 6.45) is 4.14. The first-order valence-corrected chi connectivity index (χ1v) is 7.73. The van der Waals surface area contributed by atoms with Gasteiger partial charge in [0.15, 0.2) is 11.5 Å². The molecule has 112 valence electrons. The summed E-state index contributed by atoms with van der Waals surface area (Å²) in [6, 6.07) is 6.17. The lowest BCUT2D eigenvalue weighted by atomic mass is 10.1. The van der Waals surface area contributed by atoms with Gasteiger partial charge >= 0.3 is 0 Å². The Hall–Kier alpha value is -1.22. The van der Waals surface area contributed by atoms with Crippen molar-refractivity contribution in [2.45, 2.75) is 39.7 Å². The van der Waals surface area contributed by atoms with E-state index in [4.69, 9.17) is 9.47 Å². The second kappa shape index (κ2) is 7.53. The van der Waals surface area contributed by atoms with Crippen molar-refractivity contribution in [1.82, 2.24) is 5.32 Å². The summed E-state index contributed by atoms with van der Waals surface area (Å²) in [5.74, 6) is 3.41. The van der Waals surface area contributed by atoms with Gasteiger partial charge in [0.2, 0.25) is 0 Å². The van der Waals surface area contributed by atoms with Gasteiger partial charge in [-0.25, -0.2) is 0 Å². The molecule has 20 heavy (non-hydrogen) atoms. The predicted molar refractivity (Wildman–Crippen MR) is 82.4 cm³/mol. The van der Waals surface area contributed by atoms with E-state index >= 15 is 0 Å². The van der Waals surface area contributed by atoms with Crippen molar-refractivity contribution in [2.24, 2.45) is 11.8 Å². The van der Waals surface area contributed by atoms with E-state index in [0.29, 0.717) is 6.61 Å². The first-order valence-electron chi connectivity index (χ1n) is 7.73. The van der Waals surface area contributed by atoms with Gasteiger partial charge in [0.1, 0.15) is 0 Å². The van der Waals surface area contributed by atoms with Crippen LogP contribution in [0, 0.1) is 11.8 Å². The molecule has 1 saturated carbocycles. The van der Waals surface area contributed by atoms with Crippen molar-refractivity contribution in [3.05, 3.63) is 23.8 Å². The molecule has 1 aromatic carbocycles. The standard InChI is InChI=1S/C17H27NO2/c1-4-20-16-8-7-15(10-17(16)19-3)12-18-11-14-6-5-13(2)9-14/h7-8,10,13-14,18H,4-6,9,11-12H2,1-3H3. The molecular formula is C17H27NO2. The molecule has 1 aliphatic rings. The molecule has 0 saturated heterocycles. The fourth-order valence-electron chi connectivity index (χ4n) is 3.03. The molecule has 0 heterocycles. The molecule has 3 nitrogen and oxygen atoms in total. The van der Waals surface area contributed by atoms with Crippen molar-refractivity contribution < 1.29 is 9.47 Å². The number of methoxy groups -OCH3 is 1. The zero-order valence-corrected chi connectivity index (χ0v) is 12.9. The van der Waals surface area contributed by atoms with Crippen LogP contribution in [0.5, 0.6) is 11.5 Å². The van der Waals surface area contributed by atoms with Crippen molar-refractivity contribution >= 4 is 0 Å². The van der Waals surface area contributed by atoms with Crippen LogP contribution in [-0.4, -0.2) is 20.3 Å². The van der Waals surface area contributed by atoms with E-state index in [1.807, 2.05) is 13.0 Å². The molecule has 2 atom stereocenters. The number of rotatable bonds is 7. The number of hydrogen-bond acceptors (Lipinski definition) is 3. The van der Waals surface area contributed by atoms with Crippen LogP contribution < -0.4 is 14.8 Å². The Morgan fingerprint density at radius 2 is 2.10 bits per heavy atom. The summed E-state index contributed by atoms with van der Waals surface area (Å²) in [6.45, 7) is 7.02. The summed E-state index contributed by atoms with van der Waals surface area (Å²) in [7, 11) is 1.69. The van der Waals surface area contributed by atoms with E-state index in [2.05, 4.69) is 24.4 Å². The molecule has 0 aliphatic heterocycles. The Bertz CT molecular complexity index is 419. The van der Waals surface area contributed by atoms with E-state index in [-0.39, 0.29) is 0 Å². The van der Waals surface area contributed by atoms with Gasteiger partial charge in [-0.05, 0) is 55.8 Å². The van der Waals surface area contributed by atoms with Crippen molar-refractivity contribution in [3.63, 3.8) is 0 Å². The van der Waals surface area contributed by atoms with E-state index in [1.54, 1.807) is 7.11 Å². The monoisotopic (exact) mass is 277 g/mol. The molecule has 0 aromatic heterocycles. The average Bonchev–Trinajstić information content (AvgIpc) is 2.86. The van der Waals surface area contributed by atoms with Gasteiger partial charge in [0.25, 0.3) is 0 Å². The molecule has 1 aliphatic carbocycles. The third-order valence-electron chi connectivity index (χ3n) is 4.09. The topological polar surface area (TPSA) is 30.5 Å². The zero-order chi connectivity index (χ0) is 14.4. The minimum atomic E-state index is 0.661. The van der Waals surface area contributed by atoms with Crippen LogP contribution in [0.1, 0.15) is 38.7 Å². The normalized spacial score (nSPS) is 21.9. The largest absolute Gasteiger partial charge is 0.493 e. The fourth-order valence-corrected chi connectivity index (χ4v) is 3.03. The molecule has 1 N–H and O–H groups in total. The van der Waals surface area contributed by atoms with Crippen molar-refractivity contribution in [1.29, 1.82) is 0 Å². The third kappa shape index (κ3) is 4.14. The maximum Gasteiger partial charge on any atom is 0.161 e. The molecule has 3 heteroatoms. The Kier molecular flexibility index (Phi) is 5.72. The highest BCUT2D eigenvalue weighted by atomic mass is 16.5. The van der Waals surface area contributed by atoms with Gasteiger partial charge in [-0.2, -0.15) is 0 Å². The third-order valence-corrected chi connectivity index (χ3v) is 4.09. The van der Waals surface area contributed by atoms with Gasteiger partial charge in [-0.15, -0.1) is 0 Å². The fraction of sp³-hybridized carbons (Fsp3) is 0.647. The van der Waals surface area contributed by atoms with Crippen molar-refractivity contribution in [2.75, 3.05) is 20.3 Å². The second-order valence-electron chi connectivity index (χ2n) is 5.83. The minimum absolute atomic E-state index is 0.661. The molecule has 0 bridgehead atoms. The molecule has 2 rings (SSSR count). The summed E-state index contributed by atoms with van der Waals surface area (Å²) in [4.78, 5) is 0. The summed E-state index contributed by atoms with van der Waals surface area (Å²) in [5.41, 5.74) is 1.25.